The van der Waals surface area contributed by atoms with Gasteiger partial charge < -0.3 is 4.90 Å². The molecule has 2 aromatic rings. The van der Waals surface area contributed by atoms with Crippen LogP contribution in [-0.4, -0.2) is 18.5 Å². The van der Waals surface area contributed by atoms with Gasteiger partial charge in [-0.3, -0.25) is 0 Å². The molecular weight excluding hydrogens is 415 g/mol. The predicted molar refractivity (Wildman–Crippen MR) is 105 cm³/mol. The number of anilines is 1. The first-order valence-electron chi connectivity index (χ1n) is 6.40. The van der Waals surface area contributed by atoms with Gasteiger partial charge in [0.15, 0.2) is 5.17 Å². The van der Waals surface area contributed by atoms with Gasteiger partial charge in [-0.1, -0.05) is 53.7 Å². The van der Waals surface area contributed by atoms with Crippen molar-refractivity contribution in [1.29, 1.82) is 0 Å². The van der Waals surface area contributed by atoms with Crippen LogP contribution in [-0.2, 0) is 0 Å². The van der Waals surface area contributed by atoms with E-state index in [0.29, 0.717) is 0 Å². The monoisotopic (exact) mass is 430 g/mol. The maximum Gasteiger partial charge on any atom is 0.164 e. The third-order valence-electron chi connectivity index (χ3n) is 3.47. The summed E-state index contributed by atoms with van der Waals surface area (Å²) >= 11 is 7.84. The summed E-state index contributed by atoms with van der Waals surface area (Å²) in [5, 5.41) is 1.77. The molecule has 2 nitrogen and oxygen atoms in total. The van der Waals surface area contributed by atoms with Gasteiger partial charge in [0.2, 0.25) is 0 Å². The fourth-order valence-electron chi connectivity index (χ4n) is 2.50. The highest BCUT2D eigenvalue weighted by Gasteiger charge is 2.26. The summed E-state index contributed by atoms with van der Waals surface area (Å²) in [5.41, 5.74) is 3.52. The Balaban J connectivity index is 0.00000161. The highest BCUT2D eigenvalue weighted by molar-refractivity contribution is 14.0. The zero-order valence-electron chi connectivity index (χ0n) is 11.8. The highest BCUT2D eigenvalue weighted by Crippen LogP contribution is 2.39. The minimum atomic E-state index is 0. The van der Waals surface area contributed by atoms with Crippen LogP contribution in [0.15, 0.2) is 53.5 Å². The van der Waals surface area contributed by atoms with E-state index in [1.165, 1.54) is 11.3 Å². The topological polar surface area (TPSA) is 15.6 Å². The first-order valence-corrected chi connectivity index (χ1v) is 8.01. The summed E-state index contributed by atoms with van der Waals surface area (Å²) in [6.45, 7) is 0. The van der Waals surface area contributed by atoms with Crippen LogP contribution in [0.25, 0.3) is 0 Å². The van der Waals surface area contributed by atoms with Crippen molar-refractivity contribution in [3.63, 3.8) is 0 Å². The van der Waals surface area contributed by atoms with E-state index in [0.717, 1.165) is 15.8 Å². The molecule has 0 amide bonds. The Morgan fingerprint density at radius 3 is 2.52 bits per heavy atom. The van der Waals surface area contributed by atoms with E-state index in [9.17, 15) is 0 Å². The van der Waals surface area contributed by atoms with Crippen molar-refractivity contribution >= 4 is 58.2 Å². The van der Waals surface area contributed by atoms with Gasteiger partial charge in [-0.05, 0) is 30.0 Å². The number of nitrogens with zero attached hydrogens (tertiary/aromatic N) is 2. The van der Waals surface area contributed by atoms with Gasteiger partial charge in [-0.25, -0.2) is 4.99 Å². The second-order valence-electron chi connectivity index (χ2n) is 4.69. The van der Waals surface area contributed by atoms with E-state index >= 15 is 0 Å². The number of benzene rings is 2. The van der Waals surface area contributed by atoms with Crippen molar-refractivity contribution in [3.8, 4) is 0 Å². The van der Waals surface area contributed by atoms with Crippen molar-refractivity contribution < 1.29 is 0 Å². The molecule has 0 saturated carbocycles. The SMILES string of the molecule is CSC1=NC(c2ccccc2)c2cc(Cl)ccc2N1C.I. The Bertz CT molecular complexity index is 661. The first kappa shape index (κ1) is 16.6. The average Bonchev–Trinajstić information content (AvgIpc) is 2.48. The highest BCUT2D eigenvalue weighted by atomic mass is 127. The van der Waals surface area contributed by atoms with Crippen LogP contribution < -0.4 is 4.90 Å². The maximum absolute atomic E-state index is 6.18. The summed E-state index contributed by atoms with van der Waals surface area (Å²) < 4.78 is 0. The summed E-state index contributed by atoms with van der Waals surface area (Å²) in [6.07, 6.45) is 2.05. The fourth-order valence-corrected chi connectivity index (χ4v) is 3.26. The molecule has 2 aromatic carbocycles. The Kier molecular flexibility index (Phi) is 5.57. The third-order valence-corrected chi connectivity index (χ3v) is 4.45. The molecule has 1 unspecified atom stereocenters. The number of fused-ring (bicyclic) bond motifs is 1. The average molecular weight is 431 g/mol. The maximum atomic E-state index is 6.18. The molecule has 3 rings (SSSR count). The molecule has 0 aromatic heterocycles. The van der Waals surface area contributed by atoms with Crippen molar-refractivity contribution in [1.82, 2.24) is 0 Å². The van der Waals surface area contributed by atoms with Gasteiger partial charge in [-0.2, -0.15) is 0 Å². The van der Waals surface area contributed by atoms with Crippen molar-refractivity contribution in [2.45, 2.75) is 6.04 Å². The predicted octanol–water partition coefficient (Wildman–Crippen LogP) is 5.22. The number of hydrogen-bond donors (Lipinski definition) is 0. The van der Waals surface area contributed by atoms with Gasteiger partial charge in [0.25, 0.3) is 0 Å². The second-order valence-corrected chi connectivity index (χ2v) is 5.90. The number of aliphatic imine (C=N–C) groups is 1. The largest absolute Gasteiger partial charge is 0.324 e. The molecule has 0 saturated heterocycles. The van der Waals surface area contributed by atoms with Crippen molar-refractivity contribution in [2.75, 3.05) is 18.2 Å². The number of amidine groups is 1. The van der Waals surface area contributed by atoms with Gasteiger partial charge >= 0.3 is 0 Å². The molecule has 0 N–H and O–H groups in total. The van der Waals surface area contributed by atoms with Crippen LogP contribution >= 0.6 is 47.3 Å². The quantitative estimate of drug-likeness (QED) is 0.577. The van der Waals surface area contributed by atoms with Gasteiger partial charge in [0.1, 0.15) is 6.04 Å². The number of thioether (sulfide) groups is 1. The van der Waals surface area contributed by atoms with Crippen LogP contribution in [0.3, 0.4) is 0 Å². The van der Waals surface area contributed by atoms with E-state index in [1.807, 2.05) is 37.4 Å². The summed E-state index contributed by atoms with van der Waals surface area (Å²) in [6, 6.07) is 16.4. The molecule has 0 fully saturated rings. The van der Waals surface area contributed by atoms with E-state index in [2.05, 4.69) is 29.4 Å². The number of hydrogen-bond acceptors (Lipinski definition) is 3. The molecule has 1 aliphatic rings. The standard InChI is InChI=1S/C16H15ClN2S.HI/c1-19-14-9-8-12(17)10-13(14)15(18-16(19)20-2)11-6-4-3-5-7-11;/h3-10,15H,1-2H3;1H. The lowest BCUT2D eigenvalue weighted by Gasteiger charge is -2.31. The Morgan fingerprint density at radius 1 is 1.14 bits per heavy atom. The Morgan fingerprint density at radius 2 is 1.86 bits per heavy atom. The van der Waals surface area contributed by atoms with Crippen LogP contribution in [0.5, 0.6) is 0 Å². The number of halogens is 2. The zero-order valence-corrected chi connectivity index (χ0v) is 15.7. The molecular formula is C16H16ClIN2S. The van der Waals surface area contributed by atoms with Gasteiger partial charge in [-0.15, -0.1) is 24.0 Å². The molecule has 1 aliphatic heterocycles. The normalized spacial score (nSPS) is 16.8. The summed E-state index contributed by atoms with van der Waals surface area (Å²) in [4.78, 5) is 7.00. The molecule has 0 aliphatic carbocycles. The molecule has 0 radical (unpaired) electrons. The second kappa shape index (κ2) is 7.03. The summed E-state index contributed by atoms with van der Waals surface area (Å²) in [5.74, 6) is 0. The summed E-state index contributed by atoms with van der Waals surface area (Å²) in [7, 11) is 2.04. The Hall–Kier alpha value is -0.720. The third kappa shape index (κ3) is 3.22. The zero-order chi connectivity index (χ0) is 14.1. The van der Waals surface area contributed by atoms with Crippen LogP contribution in [0.2, 0.25) is 5.02 Å². The molecule has 5 heteroatoms. The first-order chi connectivity index (χ1) is 9.70. The van der Waals surface area contributed by atoms with Crippen molar-refractivity contribution in [3.05, 3.63) is 64.7 Å². The van der Waals surface area contributed by atoms with Crippen LogP contribution in [0.4, 0.5) is 5.69 Å². The van der Waals surface area contributed by atoms with E-state index in [4.69, 9.17) is 16.6 Å². The van der Waals surface area contributed by atoms with Crippen molar-refractivity contribution in [2.24, 2.45) is 4.99 Å². The lowest BCUT2D eigenvalue weighted by Crippen LogP contribution is -2.29. The Labute approximate surface area is 151 Å². The lowest BCUT2D eigenvalue weighted by molar-refractivity contribution is 0.851. The van der Waals surface area contributed by atoms with E-state index in [-0.39, 0.29) is 30.0 Å². The molecule has 0 bridgehead atoms. The van der Waals surface area contributed by atoms with Crippen LogP contribution in [0, 0.1) is 0 Å². The molecule has 110 valence electrons. The molecule has 1 heterocycles. The van der Waals surface area contributed by atoms with Crippen LogP contribution in [0.1, 0.15) is 17.2 Å². The van der Waals surface area contributed by atoms with E-state index in [1.54, 1.807) is 11.8 Å². The molecule has 21 heavy (non-hydrogen) atoms. The molecule has 1 atom stereocenters. The van der Waals surface area contributed by atoms with Gasteiger partial charge in [0.05, 0.1) is 0 Å². The minimum Gasteiger partial charge on any atom is -0.324 e. The fraction of sp³-hybridized carbons (Fsp3) is 0.188. The minimum absolute atomic E-state index is 0. The lowest BCUT2D eigenvalue weighted by atomic mass is 9.96. The number of rotatable bonds is 1. The van der Waals surface area contributed by atoms with Gasteiger partial charge in [0, 0.05) is 23.3 Å². The van der Waals surface area contributed by atoms with E-state index < -0.39 is 0 Å². The smallest absolute Gasteiger partial charge is 0.164 e. The molecule has 0 spiro atoms.